The van der Waals surface area contributed by atoms with Gasteiger partial charge in [0.15, 0.2) is 0 Å². The van der Waals surface area contributed by atoms with Crippen LogP contribution in [0.15, 0.2) is 0 Å². The Morgan fingerprint density at radius 1 is 1.41 bits per heavy atom. The van der Waals surface area contributed by atoms with Gasteiger partial charge in [0.1, 0.15) is 5.78 Å². The maximum absolute atomic E-state index is 12.1. The molecule has 1 heterocycles. The molecule has 0 aromatic heterocycles. The van der Waals surface area contributed by atoms with Crippen LogP contribution in [0.2, 0.25) is 0 Å². The van der Waals surface area contributed by atoms with Gasteiger partial charge in [0, 0.05) is 5.92 Å². The highest BCUT2D eigenvalue weighted by Gasteiger charge is 2.31. The van der Waals surface area contributed by atoms with Gasteiger partial charge in [-0.3, -0.25) is 15.0 Å². The van der Waals surface area contributed by atoms with Crippen LogP contribution in [0.1, 0.15) is 32.6 Å². The van der Waals surface area contributed by atoms with E-state index in [4.69, 9.17) is 5.84 Å². The zero-order valence-corrected chi connectivity index (χ0v) is 11.0. The third-order valence-corrected chi connectivity index (χ3v) is 3.12. The molecule has 1 aliphatic rings. The molecule has 4 N–H and O–H groups in total. The number of piperidine rings is 1. The topological polar surface area (TPSA) is 84.2 Å². The molecule has 1 atom stereocenters. The summed E-state index contributed by atoms with van der Waals surface area (Å²) in [6.07, 6.45) is 3.06. The Morgan fingerprint density at radius 3 is 2.47 bits per heavy atom. The summed E-state index contributed by atoms with van der Waals surface area (Å²) in [5.74, 6) is 4.29. The molecule has 17 heavy (non-hydrogen) atoms. The van der Waals surface area contributed by atoms with Crippen molar-refractivity contribution < 1.29 is 9.59 Å². The number of hydrazine groups is 1. The average molecular weight is 264 g/mol. The van der Waals surface area contributed by atoms with Crippen LogP contribution in [0.3, 0.4) is 0 Å². The van der Waals surface area contributed by atoms with Gasteiger partial charge >= 0.3 is 0 Å². The number of hydrogen-bond donors (Lipinski definition) is 3. The van der Waals surface area contributed by atoms with E-state index in [0.717, 1.165) is 32.4 Å². The van der Waals surface area contributed by atoms with Crippen molar-refractivity contribution >= 4 is 24.1 Å². The number of ketones is 1. The highest BCUT2D eigenvalue weighted by molar-refractivity contribution is 6.02. The smallest absolute Gasteiger partial charge is 0.244 e. The van der Waals surface area contributed by atoms with Crippen LogP contribution in [0.5, 0.6) is 0 Å². The number of hydrogen-bond acceptors (Lipinski definition) is 4. The number of nitrogens with one attached hydrogen (secondary N) is 2. The van der Waals surface area contributed by atoms with E-state index in [1.165, 1.54) is 0 Å². The van der Waals surface area contributed by atoms with Crippen molar-refractivity contribution in [1.29, 1.82) is 0 Å². The summed E-state index contributed by atoms with van der Waals surface area (Å²) in [5.41, 5.74) is 2.09. The zero-order chi connectivity index (χ0) is 12.0. The second kappa shape index (κ2) is 8.44. The Balaban J connectivity index is 0.00000256. The van der Waals surface area contributed by atoms with Gasteiger partial charge in [-0.2, -0.15) is 0 Å². The Kier molecular flexibility index (Phi) is 8.12. The first-order chi connectivity index (χ1) is 7.70. The fraction of sp³-hybridized carbons (Fsp3) is 0.818. The highest BCUT2D eigenvalue weighted by Crippen LogP contribution is 2.20. The molecule has 6 heteroatoms. The van der Waals surface area contributed by atoms with Crippen LogP contribution in [0.25, 0.3) is 0 Å². The molecule has 5 nitrogen and oxygen atoms in total. The van der Waals surface area contributed by atoms with Crippen LogP contribution in [0.4, 0.5) is 0 Å². The van der Waals surface area contributed by atoms with Gasteiger partial charge in [-0.05, 0) is 32.4 Å². The van der Waals surface area contributed by atoms with E-state index in [1.807, 2.05) is 6.92 Å². The number of Topliss-reactive ketones (excluding diaryl/α,β-unsaturated/α-hetero) is 1. The first-order valence-corrected chi connectivity index (χ1v) is 5.95. The Labute approximate surface area is 108 Å². The third kappa shape index (κ3) is 4.61. The molecule has 0 saturated carbocycles. The number of amides is 1. The van der Waals surface area contributed by atoms with Gasteiger partial charge in [0.25, 0.3) is 0 Å². The first-order valence-electron chi connectivity index (χ1n) is 5.95. The number of halogens is 1. The lowest BCUT2D eigenvalue weighted by atomic mass is 9.84. The summed E-state index contributed by atoms with van der Waals surface area (Å²) >= 11 is 0. The second-order valence-electron chi connectivity index (χ2n) is 4.28. The van der Waals surface area contributed by atoms with E-state index in [2.05, 4.69) is 10.7 Å². The lowest BCUT2D eigenvalue weighted by molar-refractivity contribution is -0.137. The van der Waals surface area contributed by atoms with E-state index in [-0.39, 0.29) is 30.0 Å². The molecule has 1 amide bonds. The Morgan fingerprint density at radius 2 is 2.00 bits per heavy atom. The zero-order valence-electron chi connectivity index (χ0n) is 10.2. The standard InChI is InChI=1S/C11H21N3O2.ClH/c1-2-3-9(11(16)14-12)10(15)8-4-6-13-7-5-8;/h8-9,13H,2-7,12H2,1H3,(H,14,16);1H. The van der Waals surface area contributed by atoms with Gasteiger partial charge in [0.05, 0.1) is 5.92 Å². The summed E-state index contributed by atoms with van der Waals surface area (Å²) in [7, 11) is 0. The molecule has 0 spiro atoms. The van der Waals surface area contributed by atoms with Crippen molar-refractivity contribution in [3.8, 4) is 0 Å². The maximum Gasteiger partial charge on any atom is 0.244 e. The van der Waals surface area contributed by atoms with Crippen molar-refractivity contribution in [1.82, 2.24) is 10.7 Å². The second-order valence-corrected chi connectivity index (χ2v) is 4.28. The molecule has 1 aliphatic heterocycles. The van der Waals surface area contributed by atoms with Crippen LogP contribution in [0, 0.1) is 11.8 Å². The van der Waals surface area contributed by atoms with Crippen molar-refractivity contribution in [2.45, 2.75) is 32.6 Å². The molecular weight excluding hydrogens is 242 g/mol. The quantitative estimate of drug-likeness (QED) is 0.290. The van der Waals surface area contributed by atoms with Gasteiger partial charge in [-0.15, -0.1) is 12.4 Å². The predicted octanol–water partition coefficient (Wildman–Crippen LogP) is 0.383. The minimum absolute atomic E-state index is 0. The molecule has 1 saturated heterocycles. The molecule has 0 aromatic carbocycles. The van der Waals surface area contributed by atoms with Crippen LogP contribution >= 0.6 is 12.4 Å². The maximum atomic E-state index is 12.1. The minimum atomic E-state index is -0.557. The van der Waals surface area contributed by atoms with E-state index >= 15 is 0 Å². The number of carbonyl (C=O) groups excluding carboxylic acids is 2. The lowest BCUT2D eigenvalue weighted by Gasteiger charge is -2.24. The number of nitrogens with two attached hydrogens (primary N) is 1. The summed E-state index contributed by atoms with van der Waals surface area (Å²) in [5, 5.41) is 3.21. The van der Waals surface area contributed by atoms with Crippen molar-refractivity contribution in [3.63, 3.8) is 0 Å². The molecule has 0 bridgehead atoms. The Bertz CT molecular complexity index is 255. The SMILES string of the molecule is CCCC(C(=O)NN)C(=O)C1CCNCC1.Cl. The molecule has 0 radical (unpaired) electrons. The van der Waals surface area contributed by atoms with Crippen molar-refractivity contribution in [2.75, 3.05) is 13.1 Å². The highest BCUT2D eigenvalue weighted by atomic mass is 35.5. The van der Waals surface area contributed by atoms with E-state index in [1.54, 1.807) is 0 Å². The van der Waals surface area contributed by atoms with Crippen LogP contribution in [-0.2, 0) is 9.59 Å². The van der Waals surface area contributed by atoms with Crippen molar-refractivity contribution in [3.05, 3.63) is 0 Å². The average Bonchev–Trinajstić information content (AvgIpc) is 2.35. The summed E-state index contributed by atoms with van der Waals surface area (Å²) in [6, 6.07) is 0. The Hall–Kier alpha value is -0.650. The fourth-order valence-corrected chi connectivity index (χ4v) is 2.18. The molecule has 1 rings (SSSR count). The van der Waals surface area contributed by atoms with E-state index in [0.29, 0.717) is 6.42 Å². The number of rotatable bonds is 5. The fourth-order valence-electron chi connectivity index (χ4n) is 2.18. The van der Waals surface area contributed by atoms with Gasteiger partial charge < -0.3 is 5.32 Å². The predicted molar refractivity (Wildman–Crippen MR) is 68.6 cm³/mol. The van der Waals surface area contributed by atoms with E-state index < -0.39 is 5.92 Å². The molecular formula is C11H22ClN3O2. The monoisotopic (exact) mass is 263 g/mol. The summed E-state index contributed by atoms with van der Waals surface area (Å²) in [4.78, 5) is 23.7. The largest absolute Gasteiger partial charge is 0.317 e. The summed E-state index contributed by atoms with van der Waals surface area (Å²) in [6.45, 7) is 3.69. The molecule has 1 fully saturated rings. The van der Waals surface area contributed by atoms with Crippen LogP contribution < -0.4 is 16.6 Å². The molecule has 0 aliphatic carbocycles. The molecule has 0 aromatic rings. The number of carbonyl (C=O) groups is 2. The van der Waals surface area contributed by atoms with Gasteiger partial charge in [-0.1, -0.05) is 13.3 Å². The molecule has 1 unspecified atom stereocenters. The van der Waals surface area contributed by atoms with Gasteiger partial charge in [-0.25, -0.2) is 5.84 Å². The van der Waals surface area contributed by atoms with Crippen LogP contribution in [-0.4, -0.2) is 24.8 Å². The molecule has 100 valence electrons. The third-order valence-electron chi connectivity index (χ3n) is 3.12. The minimum Gasteiger partial charge on any atom is -0.317 e. The lowest BCUT2D eigenvalue weighted by Crippen LogP contribution is -2.43. The first kappa shape index (κ1) is 16.4. The normalized spacial score (nSPS) is 18.0. The van der Waals surface area contributed by atoms with Gasteiger partial charge in [0.2, 0.25) is 5.91 Å². The summed E-state index contributed by atoms with van der Waals surface area (Å²) < 4.78 is 0. The van der Waals surface area contributed by atoms with Crippen molar-refractivity contribution in [2.24, 2.45) is 17.7 Å². The van der Waals surface area contributed by atoms with E-state index in [9.17, 15) is 9.59 Å².